The minimum absolute atomic E-state index is 0.0906. The lowest BCUT2D eigenvalue weighted by Crippen LogP contribution is -2.47. The molecule has 6 heteroatoms. The summed E-state index contributed by atoms with van der Waals surface area (Å²) in [4.78, 5) is 4.74. The van der Waals surface area contributed by atoms with Gasteiger partial charge in [0.1, 0.15) is 6.73 Å². The summed E-state index contributed by atoms with van der Waals surface area (Å²) in [6, 6.07) is 22.4. The van der Waals surface area contributed by atoms with E-state index in [1.165, 1.54) is 16.4 Å². The van der Waals surface area contributed by atoms with Crippen molar-refractivity contribution in [3.8, 4) is 0 Å². The van der Waals surface area contributed by atoms with E-state index < -0.39 is 17.1 Å². The van der Waals surface area contributed by atoms with Crippen LogP contribution in [-0.4, -0.2) is 33.3 Å². The molecule has 0 aliphatic heterocycles. The van der Waals surface area contributed by atoms with E-state index in [1.807, 2.05) is 10.9 Å². The molecule has 0 N–H and O–H groups in total. The number of benzene rings is 2. The van der Waals surface area contributed by atoms with Crippen molar-refractivity contribution >= 4 is 27.5 Å². The lowest BCUT2D eigenvalue weighted by atomic mass is 9.87. The number of hydrogen-bond acceptors (Lipinski definition) is 3. The van der Waals surface area contributed by atoms with E-state index in [1.54, 1.807) is 0 Å². The topological polar surface area (TPSA) is 36.3 Å². The number of nitrogens with zero attached hydrogens (tertiary/aromatic N) is 2. The summed E-state index contributed by atoms with van der Waals surface area (Å²) in [6.45, 7) is 15.1. The van der Waals surface area contributed by atoms with Crippen LogP contribution in [0.4, 0.5) is 0 Å². The monoisotopic (exact) mass is 466 g/mol. The van der Waals surface area contributed by atoms with Gasteiger partial charge in [0.2, 0.25) is 9.04 Å². The first-order chi connectivity index (χ1) is 15.1. The molecule has 0 radical (unpaired) electrons. The van der Waals surface area contributed by atoms with E-state index in [0.29, 0.717) is 6.73 Å². The van der Waals surface area contributed by atoms with Crippen molar-refractivity contribution in [2.45, 2.75) is 59.3 Å². The Hall–Kier alpha value is -2.00. The first-order valence-electron chi connectivity index (χ1n) is 11.5. The van der Waals surface area contributed by atoms with E-state index in [-0.39, 0.29) is 11.5 Å². The number of imidazole rings is 1. The third-order valence-corrected chi connectivity index (χ3v) is 9.65. The number of rotatable bonds is 10. The van der Waals surface area contributed by atoms with E-state index in [9.17, 15) is 0 Å². The Morgan fingerprint density at radius 1 is 0.938 bits per heavy atom. The number of ether oxygens (including phenoxy) is 1. The molecule has 0 aliphatic rings. The van der Waals surface area contributed by atoms with Crippen LogP contribution in [0.15, 0.2) is 73.2 Å². The summed E-state index contributed by atoms with van der Waals surface area (Å²) < 4.78 is 14.9. The molecule has 1 aromatic heterocycles. The Kier molecular flexibility index (Phi) is 8.28. The van der Waals surface area contributed by atoms with Crippen LogP contribution in [0.25, 0.3) is 0 Å². The van der Waals surface area contributed by atoms with Crippen molar-refractivity contribution in [1.29, 1.82) is 0 Å². The van der Waals surface area contributed by atoms with Gasteiger partial charge in [0, 0.05) is 20.9 Å². The zero-order chi connectivity index (χ0) is 23.2. The summed E-state index contributed by atoms with van der Waals surface area (Å²) in [6.07, 6.45) is 3.85. The van der Waals surface area contributed by atoms with Crippen LogP contribution in [0.1, 0.15) is 32.6 Å². The largest absolute Gasteiger partial charge is 0.402 e. The van der Waals surface area contributed by atoms with Gasteiger partial charge in [0.15, 0.2) is 0 Å². The third-order valence-electron chi connectivity index (χ3n) is 5.42. The van der Waals surface area contributed by atoms with Crippen LogP contribution in [0.3, 0.4) is 0 Å². The molecule has 0 amide bonds. The highest BCUT2D eigenvalue weighted by Crippen LogP contribution is 2.35. The summed E-state index contributed by atoms with van der Waals surface area (Å²) in [5, 5.41) is 2.56. The van der Waals surface area contributed by atoms with Gasteiger partial charge in [-0.2, -0.15) is 0 Å². The summed E-state index contributed by atoms with van der Waals surface area (Å²) in [7, 11) is -2.97. The van der Waals surface area contributed by atoms with Crippen molar-refractivity contribution in [3.63, 3.8) is 0 Å². The SMILES string of the molecule is CC(C)(C)C(O[SiH](c1ccccc1)c1ccccc1)c1cn(COCC[Si](C)(C)C)cn1. The number of aromatic nitrogens is 2. The molecule has 0 fully saturated rings. The Bertz CT molecular complexity index is 908. The van der Waals surface area contributed by atoms with Gasteiger partial charge in [-0.15, -0.1) is 0 Å². The fourth-order valence-electron chi connectivity index (χ4n) is 3.59. The first-order valence-corrected chi connectivity index (χ1v) is 16.8. The zero-order valence-electron chi connectivity index (χ0n) is 20.4. The predicted octanol–water partition coefficient (Wildman–Crippen LogP) is 4.84. The molecule has 4 nitrogen and oxygen atoms in total. The van der Waals surface area contributed by atoms with Crippen LogP contribution < -0.4 is 10.4 Å². The summed E-state index contributed by atoms with van der Waals surface area (Å²) in [5.74, 6) is 0. The Morgan fingerprint density at radius 3 is 2.00 bits per heavy atom. The highest BCUT2D eigenvalue weighted by atomic mass is 28.3. The molecule has 0 saturated heterocycles. The lowest BCUT2D eigenvalue weighted by Gasteiger charge is -2.33. The summed E-state index contributed by atoms with van der Waals surface area (Å²) in [5.41, 5.74) is 0.878. The van der Waals surface area contributed by atoms with Gasteiger partial charge in [0.05, 0.1) is 18.1 Å². The third kappa shape index (κ3) is 7.27. The minimum atomic E-state index is -1.89. The fraction of sp³-hybridized carbons (Fsp3) is 0.423. The normalized spacial score (nSPS) is 13.5. The molecule has 0 bridgehead atoms. The smallest absolute Gasteiger partial charge is 0.240 e. The fourth-order valence-corrected chi connectivity index (χ4v) is 7.01. The molecule has 2 aromatic carbocycles. The van der Waals surface area contributed by atoms with Gasteiger partial charge in [-0.25, -0.2) is 4.98 Å². The molecule has 0 spiro atoms. The molecule has 3 aromatic rings. The quantitative estimate of drug-likeness (QED) is 0.317. The average Bonchev–Trinajstić information content (AvgIpc) is 3.20. The molecule has 0 saturated carbocycles. The minimum Gasteiger partial charge on any atom is -0.402 e. The van der Waals surface area contributed by atoms with Crippen molar-refractivity contribution in [3.05, 3.63) is 78.9 Å². The van der Waals surface area contributed by atoms with Crippen LogP contribution in [-0.2, 0) is 15.9 Å². The Labute approximate surface area is 196 Å². The van der Waals surface area contributed by atoms with Gasteiger partial charge in [-0.05, 0) is 21.8 Å². The Balaban J connectivity index is 1.80. The molecule has 1 atom stereocenters. The van der Waals surface area contributed by atoms with Crippen molar-refractivity contribution in [2.75, 3.05) is 6.61 Å². The van der Waals surface area contributed by atoms with Crippen molar-refractivity contribution < 1.29 is 9.16 Å². The van der Waals surface area contributed by atoms with Crippen LogP contribution >= 0.6 is 0 Å². The van der Waals surface area contributed by atoms with E-state index in [2.05, 4.69) is 107 Å². The molecular formula is C26H38N2O2Si2. The maximum atomic E-state index is 6.98. The van der Waals surface area contributed by atoms with E-state index in [4.69, 9.17) is 14.1 Å². The van der Waals surface area contributed by atoms with Gasteiger partial charge in [-0.3, -0.25) is 0 Å². The zero-order valence-corrected chi connectivity index (χ0v) is 22.6. The maximum absolute atomic E-state index is 6.98. The second-order valence-electron chi connectivity index (χ2n) is 10.7. The van der Waals surface area contributed by atoms with Crippen LogP contribution in [0.2, 0.25) is 25.7 Å². The van der Waals surface area contributed by atoms with Gasteiger partial charge in [-0.1, -0.05) is 101 Å². The molecule has 1 heterocycles. The molecular weight excluding hydrogens is 428 g/mol. The number of hydrogen-bond donors (Lipinski definition) is 0. The van der Waals surface area contributed by atoms with Crippen molar-refractivity contribution in [2.24, 2.45) is 5.41 Å². The lowest BCUT2D eigenvalue weighted by molar-refractivity contribution is 0.0814. The molecule has 32 heavy (non-hydrogen) atoms. The summed E-state index contributed by atoms with van der Waals surface area (Å²) >= 11 is 0. The van der Waals surface area contributed by atoms with E-state index >= 15 is 0 Å². The van der Waals surface area contributed by atoms with Crippen molar-refractivity contribution in [1.82, 2.24) is 9.55 Å². The molecule has 3 rings (SSSR count). The standard InChI is InChI=1S/C26H38N2O2Si2/c1-26(2,3)25(24-19-28(20-27-24)21-29-17-18-32(4,5)6)30-31(22-13-9-7-10-14-22)23-15-11-8-12-16-23/h7-16,19-20,25,31H,17-18,21H2,1-6H3. The Morgan fingerprint density at radius 2 is 1.50 bits per heavy atom. The highest BCUT2D eigenvalue weighted by Gasteiger charge is 2.33. The molecule has 1 unspecified atom stereocenters. The second kappa shape index (κ2) is 10.7. The highest BCUT2D eigenvalue weighted by molar-refractivity contribution is 6.80. The predicted molar refractivity (Wildman–Crippen MR) is 139 cm³/mol. The first kappa shape index (κ1) is 24.6. The molecule has 172 valence electrons. The van der Waals surface area contributed by atoms with Gasteiger partial charge in [0.25, 0.3) is 0 Å². The molecule has 0 aliphatic carbocycles. The second-order valence-corrected chi connectivity index (χ2v) is 18.7. The van der Waals surface area contributed by atoms with Crippen LogP contribution in [0, 0.1) is 5.41 Å². The maximum Gasteiger partial charge on any atom is 0.240 e. The van der Waals surface area contributed by atoms with Crippen LogP contribution in [0.5, 0.6) is 0 Å². The van der Waals surface area contributed by atoms with Gasteiger partial charge < -0.3 is 13.7 Å². The van der Waals surface area contributed by atoms with Gasteiger partial charge >= 0.3 is 0 Å². The average molecular weight is 467 g/mol. The van der Waals surface area contributed by atoms with E-state index in [0.717, 1.165) is 12.3 Å².